The lowest BCUT2D eigenvalue weighted by Gasteiger charge is -2.11. The highest BCUT2D eigenvalue weighted by molar-refractivity contribution is 6.00. The first-order chi connectivity index (χ1) is 15.3. The van der Waals surface area contributed by atoms with Crippen LogP contribution in [0.2, 0.25) is 0 Å². The maximum Gasteiger partial charge on any atom is 0.338 e. The van der Waals surface area contributed by atoms with Crippen LogP contribution in [0.4, 0.5) is 5.69 Å². The summed E-state index contributed by atoms with van der Waals surface area (Å²) in [5.41, 5.74) is 3.01. The summed E-state index contributed by atoms with van der Waals surface area (Å²) in [6, 6.07) is 11.3. The SMILES string of the molecule is Cc1ccc(C(=O)OCC(=O)c2cc(C)n(-c3ccc4c(c3)OCO4)c2C)cc1[N+](=O)[O-]. The number of nitrogens with zero attached hydrogens (tertiary/aromatic N) is 2. The Balaban J connectivity index is 1.51. The third-order valence-corrected chi connectivity index (χ3v) is 5.32. The summed E-state index contributed by atoms with van der Waals surface area (Å²) in [6.45, 7) is 4.93. The third kappa shape index (κ3) is 3.80. The van der Waals surface area contributed by atoms with Crippen molar-refractivity contribution in [2.45, 2.75) is 20.8 Å². The van der Waals surface area contributed by atoms with Gasteiger partial charge in [0.1, 0.15) is 0 Å². The molecule has 0 bridgehead atoms. The predicted octanol–water partition coefficient (Wildman–Crippen LogP) is 4.08. The molecule has 3 aromatic rings. The summed E-state index contributed by atoms with van der Waals surface area (Å²) in [7, 11) is 0. The lowest BCUT2D eigenvalue weighted by atomic mass is 10.1. The van der Waals surface area contributed by atoms with E-state index in [1.54, 1.807) is 26.0 Å². The largest absolute Gasteiger partial charge is 0.454 e. The lowest BCUT2D eigenvalue weighted by molar-refractivity contribution is -0.385. The number of esters is 1. The van der Waals surface area contributed by atoms with Gasteiger partial charge < -0.3 is 18.8 Å². The molecule has 0 unspecified atom stereocenters. The number of carbonyl (C=O) groups excluding carboxylic acids is 2. The van der Waals surface area contributed by atoms with Crippen molar-refractivity contribution in [2.24, 2.45) is 0 Å². The molecule has 0 amide bonds. The van der Waals surface area contributed by atoms with Crippen LogP contribution in [-0.4, -0.2) is 34.6 Å². The predicted molar refractivity (Wildman–Crippen MR) is 114 cm³/mol. The number of fused-ring (bicyclic) bond motifs is 1. The number of ketones is 1. The molecule has 4 rings (SSSR count). The average molecular weight is 436 g/mol. The van der Waals surface area contributed by atoms with Gasteiger partial charge in [0, 0.05) is 40.3 Å². The van der Waals surface area contributed by atoms with Crippen molar-refractivity contribution in [3.63, 3.8) is 0 Å². The zero-order valence-corrected chi connectivity index (χ0v) is 17.7. The number of nitro groups is 1. The number of benzene rings is 2. The second-order valence-corrected chi connectivity index (χ2v) is 7.42. The third-order valence-electron chi connectivity index (χ3n) is 5.32. The van der Waals surface area contributed by atoms with E-state index >= 15 is 0 Å². The van der Waals surface area contributed by atoms with Gasteiger partial charge in [-0.2, -0.15) is 0 Å². The van der Waals surface area contributed by atoms with E-state index in [1.807, 2.05) is 23.6 Å². The number of hydrogen-bond donors (Lipinski definition) is 0. The Morgan fingerprint density at radius 2 is 1.81 bits per heavy atom. The van der Waals surface area contributed by atoms with Crippen molar-refractivity contribution in [3.05, 3.63) is 80.7 Å². The molecule has 1 aliphatic heterocycles. The van der Waals surface area contributed by atoms with Gasteiger partial charge in [-0.15, -0.1) is 0 Å². The van der Waals surface area contributed by atoms with Gasteiger partial charge >= 0.3 is 5.97 Å². The van der Waals surface area contributed by atoms with E-state index in [0.29, 0.717) is 28.3 Å². The van der Waals surface area contributed by atoms with E-state index in [4.69, 9.17) is 14.2 Å². The molecule has 0 radical (unpaired) electrons. The maximum atomic E-state index is 12.8. The minimum Gasteiger partial charge on any atom is -0.454 e. The Morgan fingerprint density at radius 1 is 1.06 bits per heavy atom. The fourth-order valence-corrected chi connectivity index (χ4v) is 3.69. The summed E-state index contributed by atoms with van der Waals surface area (Å²) >= 11 is 0. The summed E-state index contributed by atoms with van der Waals surface area (Å²) in [5.74, 6) is 0.117. The van der Waals surface area contributed by atoms with E-state index in [2.05, 4.69) is 0 Å². The number of aryl methyl sites for hydroxylation is 2. The Bertz CT molecular complexity index is 1260. The van der Waals surface area contributed by atoms with Crippen LogP contribution in [0.5, 0.6) is 11.5 Å². The smallest absolute Gasteiger partial charge is 0.338 e. The van der Waals surface area contributed by atoms with Gasteiger partial charge in [-0.05, 0) is 45.0 Å². The highest BCUT2D eigenvalue weighted by atomic mass is 16.7. The second kappa shape index (κ2) is 8.18. The van der Waals surface area contributed by atoms with Gasteiger partial charge in [0.2, 0.25) is 12.6 Å². The van der Waals surface area contributed by atoms with E-state index in [1.165, 1.54) is 12.1 Å². The molecule has 2 aromatic carbocycles. The molecule has 9 heteroatoms. The number of ether oxygens (including phenoxy) is 3. The molecule has 0 atom stereocenters. The summed E-state index contributed by atoms with van der Waals surface area (Å²) in [4.78, 5) is 35.6. The number of hydrogen-bond acceptors (Lipinski definition) is 7. The van der Waals surface area contributed by atoms with E-state index < -0.39 is 17.5 Å². The van der Waals surface area contributed by atoms with Gasteiger partial charge in [0.05, 0.1) is 10.5 Å². The molecule has 1 aliphatic rings. The minimum absolute atomic E-state index is 0.0148. The lowest BCUT2D eigenvalue weighted by Crippen LogP contribution is -2.15. The Kier molecular flexibility index (Phi) is 5.40. The summed E-state index contributed by atoms with van der Waals surface area (Å²) in [5, 5.41) is 11.1. The number of nitro benzene ring substituents is 1. The monoisotopic (exact) mass is 436 g/mol. The summed E-state index contributed by atoms with van der Waals surface area (Å²) in [6.07, 6.45) is 0. The van der Waals surface area contributed by atoms with Crippen LogP contribution in [0, 0.1) is 30.9 Å². The molecule has 0 fully saturated rings. The molecule has 0 spiro atoms. The van der Waals surface area contributed by atoms with Crippen LogP contribution in [0.3, 0.4) is 0 Å². The molecule has 0 N–H and O–H groups in total. The molecule has 0 aliphatic carbocycles. The van der Waals surface area contributed by atoms with Crippen molar-refractivity contribution in [2.75, 3.05) is 13.4 Å². The Labute approximate surface area is 183 Å². The van der Waals surface area contributed by atoms with Gasteiger partial charge in [-0.1, -0.05) is 6.07 Å². The number of Topliss-reactive ketones (excluding diaryl/α,β-unsaturated/α-hetero) is 1. The molecule has 9 nitrogen and oxygen atoms in total. The normalized spacial score (nSPS) is 12.0. The van der Waals surface area contributed by atoms with E-state index in [0.717, 1.165) is 17.4 Å². The van der Waals surface area contributed by atoms with Crippen LogP contribution >= 0.6 is 0 Å². The van der Waals surface area contributed by atoms with Crippen LogP contribution < -0.4 is 9.47 Å². The molecule has 32 heavy (non-hydrogen) atoms. The van der Waals surface area contributed by atoms with Crippen molar-refractivity contribution < 1.29 is 28.7 Å². The van der Waals surface area contributed by atoms with Crippen molar-refractivity contribution in [1.29, 1.82) is 0 Å². The highest BCUT2D eigenvalue weighted by Crippen LogP contribution is 2.35. The van der Waals surface area contributed by atoms with Crippen LogP contribution in [0.15, 0.2) is 42.5 Å². The number of carbonyl (C=O) groups is 2. The zero-order chi connectivity index (χ0) is 23.0. The van der Waals surface area contributed by atoms with E-state index in [9.17, 15) is 19.7 Å². The minimum atomic E-state index is -0.800. The van der Waals surface area contributed by atoms with Gasteiger partial charge in [-0.3, -0.25) is 14.9 Å². The molecular weight excluding hydrogens is 416 g/mol. The standard InChI is InChI=1S/C23H20N2O7/c1-13-4-5-16(9-19(13)25(28)29)23(27)30-11-20(26)18-8-14(2)24(15(18)3)17-6-7-21-22(10-17)32-12-31-21/h4-10H,11-12H2,1-3H3. The fourth-order valence-electron chi connectivity index (χ4n) is 3.69. The average Bonchev–Trinajstić information content (AvgIpc) is 3.35. The number of aromatic nitrogens is 1. The second-order valence-electron chi connectivity index (χ2n) is 7.42. The van der Waals surface area contributed by atoms with Crippen LogP contribution in [0.25, 0.3) is 5.69 Å². The van der Waals surface area contributed by atoms with Crippen molar-refractivity contribution in [1.82, 2.24) is 4.57 Å². The van der Waals surface area contributed by atoms with Crippen LogP contribution in [-0.2, 0) is 4.74 Å². The van der Waals surface area contributed by atoms with Crippen molar-refractivity contribution >= 4 is 17.4 Å². The first-order valence-electron chi connectivity index (χ1n) is 9.80. The topological polar surface area (TPSA) is 110 Å². The first-order valence-corrected chi connectivity index (χ1v) is 9.80. The quantitative estimate of drug-likeness (QED) is 0.248. The van der Waals surface area contributed by atoms with Crippen LogP contribution in [0.1, 0.15) is 37.7 Å². The number of rotatable bonds is 6. The molecule has 0 saturated heterocycles. The van der Waals surface area contributed by atoms with Gasteiger partial charge in [-0.25, -0.2) is 4.79 Å². The highest BCUT2D eigenvalue weighted by Gasteiger charge is 2.21. The molecule has 1 aromatic heterocycles. The molecule has 2 heterocycles. The summed E-state index contributed by atoms with van der Waals surface area (Å²) < 4.78 is 17.8. The Hall–Kier alpha value is -4.14. The van der Waals surface area contributed by atoms with E-state index in [-0.39, 0.29) is 23.8 Å². The zero-order valence-electron chi connectivity index (χ0n) is 17.7. The first kappa shape index (κ1) is 21.1. The maximum absolute atomic E-state index is 12.8. The van der Waals surface area contributed by atoms with Gasteiger partial charge in [0.25, 0.3) is 5.69 Å². The molecule has 164 valence electrons. The van der Waals surface area contributed by atoms with Gasteiger partial charge in [0.15, 0.2) is 18.1 Å². The molecule has 0 saturated carbocycles. The van der Waals surface area contributed by atoms with Crippen molar-refractivity contribution in [3.8, 4) is 17.2 Å². The molecular formula is C23H20N2O7. The fraction of sp³-hybridized carbons (Fsp3) is 0.217. The Morgan fingerprint density at radius 3 is 2.56 bits per heavy atom.